The standard InChI is InChI=1S/C24H22ClN3O3S/c1-27-19-13-18(26-23(29)12-15-8-10-16(31-3)11-9-15)22(14-20(19)28(2)24(27)30)32-21-7-5-4-6-17(21)25/h4-11,13-14H,12H2,1-3H3,(H,26,29). The predicted octanol–water partition coefficient (Wildman–Crippen LogP) is 4.87. The summed E-state index contributed by atoms with van der Waals surface area (Å²) in [7, 11) is 5.05. The highest BCUT2D eigenvalue weighted by molar-refractivity contribution is 7.99. The number of nitrogens with one attached hydrogen (secondary N) is 1. The molecule has 4 rings (SSSR count). The normalized spacial score (nSPS) is 11.0. The largest absolute Gasteiger partial charge is 0.497 e. The number of carbonyl (C=O) groups is 1. The fourth-order valence-corrected chi connectivity index (χ4v) is 4.67. The number of hydrogen-bond donors (Lipinski definition) is 1. The number of carbonyl (C=O) groups excluding carboxylic acids is 1. The highest BCUT2D eigenvalue weighted by Gasteiger charge is 2.16. The highest BCUT2D eigenvalue weighted by Crippen LogP contribution is 2.39. The Labute approximate surface area is 194 Å². The zero-order chi connectivity index (χ0) is 22.8. The zero-order valence-electron chi connectivity index (χ0n) is 17.9. The molecule has 0 aliphatic rings. The average molecular weight is 468 g/mol. The molecule has 0 fully saturated rings. The average Bonchev–Trinajstić information content (AvgIpc) is 2.99. The van der Waals surface area contributed by atoms with Gasteiger partial charge in [-0.2, -0.15) is 0 Å². The van der Waals surface area contributed by atoms with Crippen molar-refractivity contribution in [3.05, 3.63) is 81.7 Å². The molecular weight excluding hydrogens is 446 g/mol. The van der Waals surface area contributed by atoms with Crippen molar-refractivity contribution in [1.29, 1.82) is 0 Å². The summed E-state index contributed by atoms with van der Waals surface area (Å²) in [5, 5.41) is 3.64. The lowest BCUT2D eigenvalue weighted by molar-refractivity contribution is -0.115. The minimum absolute atomic E-state index is 0.129. The van der Waals surface area contributed by atoms with Gasteiger partial charge in [-0.15, -0.1) is 0 Å². The van der Waals surface area contributed by atoms with Gasteiger partial charge >= 0.3 is 5.69 Å². The van der Waals surface area contributed by atoms with Crippen molar-refractivity contribution >= 4 is 46.0 Å². The van der Waals surface area contributed by atoms with Crippen molar-refractivity contribution in [2.24, 2.45) is 14.1 Å². The Bertz CT molecular complexity index is 1360. The summed E-state index contributed by atoms with van der Waals surface area (Å²) >= 11 is 7.81. The first-order valence-corrected chi connectivity index (χ1v) is 11.1. The van der Waals surface area contributed by atoms with Gasteiger partial charge in [0.15, 0.2) is 0 Å². The van der Waals surface area contributed by atoms with E-state index in [2.05, 4.69) is 5.32 Å². The predicted molar refractivity (Wildman–Crippen MR) is 129 cm³/mol. The number of amides is 1. The summed E-state index contributed by atoms with van der Waals surface area (Å²) in [4.78, 5) is 27.0. The number of aryl methyl sites for hydroxylation is 2. The third-order valence-electron chi connectivity index (χ3n) is 5.23. The number of fused-ring (bicyclic) bond motifs is 1. The number of hydrogen-bond acceptors (Lipinski definition) is 4. The lowest BCUT2D eigenvalue weighted by Gasteiger charge is -2.13. The molecule has 8 heteroatoms. The van der Waals surface area contributed by atoms with Crippen LogP contribution in [0.4, 0.5) is 5.69 Å². The Morgan fingerprint density at radius 3 is 2.31 bits per heavy atom. The van der Waals surface area contributed by atoms with Crippen LogP contribution in [0.25, 0.3) is 11.0 Å². The fourth-order valence-electron chi connectivity index (χ4n) is 3.48. The van der Waals surface area contributed by atoms with Crippen LogP contribution < -0.4 is 15.7 Å². The van der Waals surface area contributed by atoms with Crippen molar-refractivity contribution in [3.63, 3.8) is 0 Å². The molecule has 1 N–H and O–H groups in total. The maximum atomic E-state index is 12.8. The Morgan fingerprint density at radius 1 is 1.00 bits per heavy atom. The first-order valence-electron chi connectivity index (χ1n) is 9.92. The van der Waals surface area contributed by atoms with E-state index in [1.807, 2.05) is 60.7 Å². The molecule has 0 atom stereocenters. The number of aromatic nitrogens is 2. The van der Waals surface area contributed by atoms with Crippen LogP contribution in [0.15, 0.2) is 75.2 Å². The monoisotopic (exact) mass is 467 g/mol. The fraction of sp³-hybridized carbons (Fsp3) is 0.167. The quantitative estimate of drug-likeness (QED) is 0.439. The zero-order valence-corrected chi connectivity index (χ0v) is 19.5. The molecular formula is C24H22ClN3O3S. The highest BCUT2D eigenvalue weighted by atomic mass is 35.5. The maximum Gasteiger partial charge on any atom is 0.328 e. The van der Waals surface area contributed by atoms with E-state index in [9.17, 15) is 9.59 Å². The van der Waals surface area contributed by atoms with Gasteiger partial charge in [0.2, 0.25) is 5.91 Å². The molecule has 1 amide bonds. The van der Waals surface area contributed by atoms with Crippen molar-refractivity contribution < 1.29 is 9.53 Å². The minimum atomic E-state index is -0.156. The van der Waals surface area contributed by atoms with Gasteiger partial charge < -0.3 is 10.1 Å². The number of halogens is 1. The van der Waals surface area contributed by atoms with E-state index >= 15 is 0 Å². The summed E-state index contributed by atoms with van der Waals surface area (Å²) in [6.07, 6.45) is 0.214. The number of nitrogens with zero attached hydrogens (tertiary/aromatic N) is 2. The summed E-state index contributed by atoms with van der Waals surface area (Å²) in [5.74, 6) is 0.583. The van der Waals surface area contributed by atoms with Gasteiger partial charge in [-0.3, -0.25) is 13.9 Å². The van der Waals surface area contributed by atoms with Crippen LogP contribution in [0.3, 0.4) is 0 Å². The molecule has 0 aliphatic carbocycles. The first kappa shape index (κ1) is 22.0. The maximum absolute atomic E-state index is 12.8. The Kier molecular flexibility index (Phi) is 6.30. The third kappa shape index (κ3) is 4.40. The first-order chi connectivity index (χ1) is 15.4. The molecule has 6 nitrogen and oxygen atoms in total. The molecule has 0 bridgehead atoms. The van der Waals surface area contributed by atoms with Crippen LogP contribution in [0, 0.1) is 0 Å². The molecule has 32 heavy (non-hydrogen) atoms. The van der Waals surface area contributed by atoms with Crippen LogP contribution in [-0.2, 0) is 25.3 Å². The second kappa shape index (κ2) is 9.14. The number of anilines is 1. The van der Waals surface area contributed by atoms with Gasteiger partial charge in [0.25, 0.3) is 0 Å². The lowest BCUT2D eigenvalue weighted by Crippen LogP contribution is -2.19. The molecule has 0 saturated carbocycles. The summed E-state index contributed by atoms with van der Waals surface area (Å²) < 4.78 is 8.33. The number of imidazole rings is 1. The van der Waals surface area contributed by atoms with Gasteiger partial charge in [0.1, 0.15) is 5.75 Å². The van der Waals surface area contributed by atoms with Gasteiger partial charge in [0.05, 0.1) is 35.3 Å². The number of benzene rings is 3. The topological polar surface area (TPSA) is 65.3 Å². The Balaban J connectivity index is 1.70. The van der Waals surface area contributed by atoms with Gasteiger partial charge in [-0.1, -0.05) is 47.6 Å². The van der Waals surface area contributed by atoms with E-state index < -0.39 is 0 Å². The molecule has 0 saturated heterocycles. The van der Waals surface area contributed by atoms with E-state index in [4.69, 9.17) is 16.3 Å². The summed E-state index contributed by atoms with van der Waals surface area (Å²) in [6.45, 7) is 0. The molecule has 0 spiro atoms. The van der Waals surface area contributed by atoms with Crippen molar-refractivity contribution in [2.75, 3.05) is 12.4 Å². The van der Waals surface area contributed by atoms with Crippen molar-refractivity contribution in [1.82, 2.24) is 9.13 Å². The molecule has 4 aromatic rings. The van der Waals surface area contributed by atoms with Gasteiger partial charge in [0, 0.05) is 23.9 Å². The minimum Gasteiger partial charge on any atom is -0.497 e. The van der Waals surface area contributed by atoms with Crippen LogP contribution in [0.1, 0.15) is 5.56 Å². The molecule has 1 aromatic heterocycles. The molecule has 1 heterocycles. The van der Waals surface area contributed by atoms with E-state index in [0.29, 0.717) is 10.7 Å². The van der Waals surface area contributed by atoms with Crippen LogP contribution in [-0.4, -0.2) is 22.2 Å². The lowest BCUT2D eigenvalue weighted by atomic mass is 10.1. The number of rotatable bonds is 6. The number of ether oxygens (including phenoxy) is 1. The Hall–Kier alpha value is -3.16. The van der Waals surface area contributed by atoms with Crippen molar-refractivity contribution in [3.8, 4) is 5.75 Å². The van der Waals surface area contributed by atoms with E-state index in [-0.39, 0.29) is 18.0 Å². The molecule has 0 aliphatic heterocycles. The van der Waals surface area contributed by atoms with E-state index in [1.165, 1.54) is 11.8 Å². The SMILES string of the molecule is COc1ccc(CC(=O)Nc2cc3c(cc2Sc2ccccc2Cl)n(C)c(=O)n3C)cc1. The summed E-state index contributed by atoms with van der Waals surface area (Å²) in [6, 6.07) is 18.6. The van der Waals surface area contributed by atoms with Crippen LogP contribution >= 0.6 is 23.4 Å². The number of methoxy groups -OCH3 is 1. The van der Waals surface area contributed by atoms with E-state index in [0.717, 1.165) is 32.1 Å². The molecule has 3 aromatic carbocycles. The van der Waals surface area contributed by atoms with Crippen LogP contribution in [0.2, 0.25) is 5.02 Å². The van der Waals surface area contributed by atoms with Crippen molar-refractivity contribution in [2.45, 2.75) is 16.2 Å². The van der Waals surface area contributed by atoms with Gasteiger partial charge in [-0.25, -0.2) is 4.79 Å². The van der Waals surface area contributed by atoms with E-state index in [1.54, 1.807) is 30.3 Å². The third-order valence-corrected chi connectivity index (χ3v) is 6.80. The molecule has 164 valence electrons. The summed E-state index contributed by atoms with van der Waals surface area (Å²) in [5.41, 5.74) is 2.88. The Morgan fingerprint density at radius 2 is 1.66 bits per heavy atom. The second-order valence-electron chi connectivity index (χ2n) is 7.34. The molecule has 0 unspecified atom stereocenters. The molecule has 0 radical (unpaired) electrons. The van der Waals surface area contributed by atoms with Crippen LogP contribution in [0.5, 0.6) is 5.75 Å². The second-order valence-corrected chi connectivity index (χ2v) is 8.83. The van der Waals surface area contributed by atoms with Gasteiger partial charge in [-0.05, 0) is 42.0 Å². The smallest absolute Gasteiger partial charge is 0.328 e.